The Morgan fingerprint density at radius 2 is 1.90 bits per heavy atom. The van der Waals surface area contributed by atoms with E-state index in [-0.39, 0.29) is 12.1 Å². The first kappa shape index (κ1) is 14.0. The van der Waals surface area contributed by atoms with Crippen molar-refractivity contribution < 1.29 is 0 Å². The first-order valence-corrected chi connectivity index (χ1v) is 6.53. The number of nitriles is 1. The van der Waals surface area contributed by atoms with Crippen LogP contribution in [0.1, 0.15) is 24.2 Å². The highest BCUT2D eigenvalue weighted by Crippen LogP contribution is 2.26. The smallest absolute Gasteiger partial charge is 0.0991 e. The van der Waals surface area contributed by atoms with Gasteiger partial charge in [-0.05, 0) is 43.3 Å². The molecule has 0 aliphatic heterocycles. The molecule has 4 nitrogen and oxygen atoms in total. The van der Waals surface area contributed by atoms with Gasteiger partial charge in [0.1, 0.15) is 0 Å². The summed E-state index contributed by atoms with van der Waals surface area (Å²) in [4.78, 5) is 6.50. The van der Waals surface area contributed by atoms with E-state index in [1.54, 1.807) is 6.20 Å². The maximum atomic E-state index is 8.85. The number of hydrogen-bond donors (Lipinski definition) is 1. The maximum absolute atomic E-state index is 8.85. The van der Waals surface area contributed by atoms with Gasteiger partial charge in [0, 0.05) is 25.0 Å². The molecule has 0 spiro atoms. The molecule has 1 heterocycles. The second kappa shape index (κ2) is 6.18. The Balaban J connectivity index is 2.32. The Hall–Kier alpha value is -2.38. The van der Waals surface area contributed by atoms with E-state index in [4.69, 9.17) is 11.0 Å². The number of aromatic nitrogens is 1. The minimum Gasteiger partial charge on any atom is -0.364 e. The van der Waals surface area contributed by atoms with Crippen LogP contribution in [0.5, 0.6) is 0 Å². The van der Waals surface area contributed by atoms with Crippen LogP contribution in [0, 0.1) is 11.3 Å². The monoisotopic (exact) mass is 266 g/mol. The molecule has 0 bridgehead atoms. The normalized spacial score (nSPS) is 13.3. The van der Waals surface area contributed by atoms with Crippen molar-refractivity contribution >= 4 is 5.69 Å². The van der Waals surface area contributed by atoms with Crippen molar-refractivity contribution in [3.63, 3.8) is 0 Å². The highest BCUT2D eigenvalue weighted by molar-refractivity contribution is 5.51. The third kappa shape index (κ3) is 2.95. The molecule has 1 aromatic carbocycles. The quantitative estimate of drug-likeness (QED) is 0.923. The predicted octanol–water partition coefficient (Wildman–Crippen LogP) is 2.48. The molecule has 4 heteroatoms. The molecule has 0 saturated heterocycles. The molecule has 0 radical (unpaired) electrons. The van der Waals surface area contributed by atoms with Gasteiger partial charge in [-0.2, -0.15) is 5.26 Å². The van der Waals surface area contributed by atoms with Crippen LogP contribution in [0.25, 0.3) is 0 Å². The minimum atomic E-state index is -0.0643. The molecule has 2 atom stereocenters. The van der Waals surface area contributed by atoms with Gasteiger partial charge in [0.25, 0.3) is 0 Å². The van der Waals surface area contributed by atoms with Crippen LogP contribution in [0.4, 0.5) is 5.69 Å². The lowest BCUT2D eigenvalue weighted by atomic mass is 10.0. The fourth-order valence-corrected chi connectivity index (χ4v) is 2.30. The molecule has 2 unspecified atom stereocenters. The topological polar surface area (TPSA) is 65.9 Å². The zero-order valence-electron chi connectivity index (χ0n) is 11.7. The van der Waals surface area contributed by atoms with Gasteiger partial charge in [-0.3, -0.25) is 4.98 Å². The van der Waals surface area contributed by atoms with Gasteiger partial charge in [-0.25, -0.2) is 0 Å². The number of hydrogen-bond acceptors (Lipinski definition) is 4. The van der Waals surface area contributed by atoms with Crippen molar-refractivity contribution in [1.82, 2.24) is 4.98 Å². The van der Waals surface area contributed by atoms with Crippen LogP contribution in [-0.2, 0) is 0 Å². The summed E-state index contributed by atoms with van der Waals surface area (Å²) < 4.78 is 0. The van der Waals surface area contributed by atoms with Crippen molar-refractivity contribution in [3.05, 3.63) is 59.9 Å². The van der Waals surface area contributed by atoms with Crippen LogP contribution in [-0.4, -0.2) is 18.1 Å². The lowest BCUT2D eigenvalue weighted by Crippen LogP contribution is -2.37. The summed E-state index contributed by atoms with van der Waals surface area (Å²) in [5, 5.41) is 8.85. The van der Waals surface area contributed by atoms with Crippen molar-refractivity contribution in [2.45, 2.75) is 19.0 Å². The third-order valence-corrected chi connectivity index (χ3v) is 3.31. The summed E-state index contributed by atoms with van der Waals surface area (Å²) in [7, 11) is 1.99. The van der Waals surface area contributed by atoms with Crippen LogP contribution >= 0.6 is 0 Å². The molecule has 2 aromatic rings. The Labute approximate surface area is 119 Å². The molecule has 0 fully saturated rings. The second-order valence-electron chi connectivity index (χ2n) is 4.83. The van der Waals surface area contributed by atoms with Crippen molar-refractivity contribution in [2.24, 2.45) is 5.73 Å². The highest BCUT2D eigenvalue weighted by atomic mass is 15.2. The van der Waals surface area contributed by atoms with Crippen LogP contribution in [0.15, 0.2) is 48.7 Å². The Kier molecular flexibility index (Phi) is 4.34. The summed E-state index contributed by atoms with van der Waals surface area (Å²) in [6, 6.07) is 15.4. The van der Waals surface area contributed by atoms with Crippen molar-refractivity contribution in [2.75, 3.05) is 11.9 Å². The Bertz CT molecular complexity index is 584. The number of benzene rings is 1. The fourth-order valence-electron chi connectivity index (χ4n) is 2.30. The van der Waals surface area contributed by atoms with E-state index in [9.17, 15) is 0 Å². The van der Waals surface area contributed by atoms with Gasteiger partial charge in [0.15, 0.2) is 0 Å². The first-order valence-electron chi connectivity index (χ1n) is 6.53. The van der Waals surface area contributed by atoms with Gasteiger partial charge < -0.3 is 10.6 Å². The van der Waals surface area contributed by atoms with E-state index < -0.39 is 0 Å². The fraction of sp³-hybridized carbons (Fsp3) is 0.250. The van der Waals surface area contributed by atoms with Gasteiger partial charge in [0.05, 0.1) is 23.4 Å². The second-order valence-corrected chi connectivity index (χ2v) is 4.83. The minimum absolute atomic E-state index is 0.0101. The number of anilines is 1. The van der Waals surface area contributed by atoms with Crippen LogP contribution in [0.3, 0.4) is 0 Å². The van der Waals surface area contributed by atoms with Gasteiger partial charge >= 0.3 is 0 Å². The van der Waals surface area contributed by atoms with E-state index in [0.717, 1.165) is 11.4 Å². The Morgan fingerprint density at radius 3 is 2.40 bits per heavy atom. The summed E-state index contributed by atoms with van der Waals surface area (Å²) in [6.45, 7) is 1.97. The lowest BCUT2D eigenvalue weighted by Gasteiger charge is -2.32. The van der Waals surface area contributed by atoms with E-state index in [1.807, 2.05) is 56.4 Å². The van der Waals surface area contributed by atoms with Crippen LogP contribution in [0.2, 0.25) is 0 Å². The van der Waals surface area contributed by atoms with E-state index in [0.29, 0.717) is 5.56 Å². The molecule has 2 rings (SSSR count). The number of nitrogens with two attached hydrogens (primary N) is 1. The summed E-state index contributed by atoms with van der Waals surface area (Å²) >= 11 is 0. The predicted molar refractivity (Wildman–Crippen MR) is 80.2 cm³/mol. The standard InChI is InChI=1S/C16H18N4/c1-12(18)16(15-5-3-4-10-19-15)20(2)14-8-6-13(11-17)7-9-14/h3-10,12,16H,18H2,1-2H3. The molecular weight excluding hydrogens is 248 g/mol. The number of rotatable bonds is 4. The molecule has 1 aromatic heterocycles. The third-order valence-electron chi connectivity index (χ3n) is 3.31. The zero-order valence-corrected chi connectivity index (χ0v) is 11.7. The van der Waals surface area contributed by atoms with Crippen LogP contribution < -0.4 is 10.6 Å². The number of pyridine rings is 1. The van der Waals surface area contributed by atoms with E-state index in [2.05, 4.69) is 16.0 Å². The average molecular weight is 266 g/mol. The number of nitrogens with zero attached hydrogens (tertiary/aromatic N) is 3. The van der Waals surface area contributed by atoms with Gasteiger partial charge in [0.2, 0.25) is 0 Å². The molecule has 102 valence electrons. The summed E-state index contributed by atoms with van der Waals surface area (Å²) in [5.41, 5.74) is 8.73. The largest absolute Gasteiger partial charge is 0.364 e. The first-order chi connectivity index (χ1) is 9.63. The summed E-state index contributed by atoms with van der Waals surface area (Å²) in [6.07, 6.45) is 1.78. The molecule has 0 aliphatic rings. The molecule has 0 aliphatic carbocycles. The van der Waals surface area contributed by atoms with Gasteiger partial charge in [-0.15, -0.1) is 0 Å². The molecule has 20 heavy (non-hydrogen) atoms. The SMILES string of the molecule is CC(N)C(c1ccccn1)N(C)c1ccc(C#N)cc1. The Morgan fingerprint density at radius 1 is 1.20 bits per heavy atom. The molecule has 0 amide bonds. The number of likely N-dealkylation sites (N-methyl/N-ethyl adjacent to an activating group) is 1. The molecular formula is C16H18N4. The highest BCUT2D eigenvalue weighted by Gasteiger charge is 2.22. The zero-order chi connectivity index (χ0) is 14.5. The maximum Gasteiger partial charge on any atom is 0.0991 e. The lowest BCUT2D eigenvalue weighted by molar-refractivity contribution is 0.546. The van der Waals surface area contributed by atoms with E-state index in [1.165, 1.54) is 0 Å². The molecule has 2 N–H and O–H groups in total. The van der Waals surface area contributed by atoms with E-state index >= 15 is 0 Å². The molecule has 0 saturated carbocycles. The van der Waals surface area contributed by atoms with Crippen molar-refractivity contribution in [3.8, 4) is 6.07 Å². The van der Waals surface area contributed by atoms with Gasteiger partial charge in [-0.1, -0.05) is 6.07 Å². The summed E-state index contributed by atoms with van der Waals surface area (Å²) in [5.74, 6) is 0. The van der Waals surface area contributed by atoms with Crippen molar-refractivity contribution in [1.29, 1.82) is 5.26 Å². The average Bonchev–Trinajstić information content (AvgIpc) is 2.48.